The van der Waals surface area contributed by atoms with Crippen molar-refractivity contribution in [2.24, 2.45) is 5.92 Å². The van der Waals surface area contributed by atoms with Crippen molar-refractivity contribution < 1.29 is 33.3 Å². The SMILES string of the molecule is COc1ccc(C(=O)CC2CO[C@@]3(C)C(OC(=O)c4ccc(OC)cc4)CO[C@@]23C)cc1. The highest BCUT2D eigenvalue weighted by Crippen LogP contribution is 2.51. The van der Waals surface area contributed by atoms with Gasteiger partial charge in [-0.15, -0.1) is 0 Å². The maximum atomic E-state index is 12.9. The normalized spacial score (nSPS) is 28.8. The number of fused-ring (bicyclic) bond motifs is 1. The summed E-state index contributed by atoms with van der Waals surface area (Å²) in [6.07, 6.45) is -0.305. The van der Waals surface area contributed by atoms with Gasteiger partial charge < -0.3 is 23.7 Å². The van der Waals surface area contributed by atoms with Crippen LogP contribution in [0.2, 0.25) is 0 Å². The Hall–Kier alpha value is -2.90. The smallest absolute Gasteiger partial charge is 0.338 e. The van der Waals surface area contributed by atoms with Crippen LogP contribution in [0.4, 0.5) is 0 Å². The first-order valence-electron chi connectivity index (χ1n) is 10.6. The number of Topliss-reactive ketones (excluding diaryl/α,β-unsaturated/α-hetero) is 1. The van der Waals surface area contributed by atoms with Gasteiger partial charge in [-0.1, -0.05) is 0 Å². The molecule has 0 N–H and O–H groups in total. The largest absolute Gasteiger partial charge is 0.497 e. The topological polar surface area (TPSA) is 80.3 Å². The van der Waals surface area contributed by atoms with Crippen molar-refractivity contribution >= 4 is 11.8 Å². The van der Waals surface area contributed by atoms with Gasteiger partial charge in [-0.05, 0) is 62.4 Å². The third-order valence-corrected chi connectivity index (χ3v) is 6.92. The summed E-state index contributed by atoms with van der Waals surface area (Å²) in [5.74, 6) is 0.758. The molecule has 2 aromatic rings. The Labute approximate surface area is 187 Å². The van der Waals surface area contributed by atoms with Gasteiger partial charge in [0.2, 0.25) is 0 Å². The lowest BCUT2D eigenvalue weighted by Gasteiger charge is -2.36. The van der Waals surface area contributed by atoms with Crippen LogP contribution in [0.5, 0.6) is 11.5 Å². The molecule has 4 rings (SSSR count). The molecule has 0 aliphatic carbocycles. The van der Waals surface area contributed by atoms with Gasteiger partial charge in [-0.25, -0.2) is 4.79 Å². The lowest BCUT2D eigenvalue weighted by Crippen LogP contribution is -2.53. The standard InChI is InChI=1S/C25H28O7/c1-24-18(13-21(26)16-5-9-19(28-3)10-6-16)14-30-25(24,2)22(15-31-24)32-23(27)17-7-11-20(29-4)12-8-17/h5-12,18,22H,13-15H2,1-4H3/t18?,22?,24-,25-/m0/s1. The fourth-order valence-electron chi connectivity index (χ4n) is 4.51. The van der Waals surface area contributed by atoms with Crippen LogP contribution in [-0.4, -0.2) is 56.5 Å². The van der Waals surface area contributed by atoms with Crippen LogP contribution in [0.3, 0.4) is 0 Å². The lowest BCUT2D eigenvalue weighted by atomic mass is 9.75. The Morgan fingerprint density at radius 2 is 1.38 bits per heavy atom. The summed E-state index contributed by atoms with van der Waals surface area (Å²) < 4.78 is 28.4. The molecule has 7 heteroatoms. The van der Waals surface area contributed by atoms with Crippen molar-refractivity contribution in [3.63, 3.8) is 0 Å². The second-order valence-electron chi connectivity index (χ2n) is 8.51. The molecule has 2 saturated heterocycles. The first kappa shape index (κ1) is 22.3. The van der Waals surface area contributed by atoms with Crippen LogP contribution < -0.4 is 9.47 Å². The Balaban J connectivity index is 1.44. The third kappa shape index (κ3) is 3.76. The van der Waals surface area contributed by atoms with E-state index < -0.39 is 23.3 Å². The van der Waals surface area contributed by atoms with Crippen LogP contribution >= 0.6 is 0 Å². The van der Waals surface area contributed by atoms with Crippen molar-refractivity contribution in [3.8, 4) is 11.5 Å². The molecule has 4 atom stereocenters. The second-order valence-corrected chi connectivity index (χ2v) is 8.51. The zero-order chi connectivity index (χ0) is 22.9. The van der Waals surface area contributed by atoms with E-state index in [1.807, 2.05) is 13.8 Å². The van der Waals surface area contributed by atoms with Crippen LogP contribution in [0.15, 0.2) is 48.5 Å². The molecule has 0 bridgehead atoms. The van der Waals surface area contributed by atoms with E-state index in [2.05, 4.69) is 0 Å². The van der Waals surface area contributed by atoms with Crippen LogP contribution in [-0.2, 0) is 14.2 Å². The number of benzene rings is 2. The van der Waals surface area contributed by atoms with Crippen LogP contribution in [0.25, 0.3) is 0 Å². The monoisotopic (exact) mass is 440 g/mol. The van der Waals surface area contributed by atoms with E-state index in [9.17, 15) is 9.59 Å². The molecule has 2 aromatic carbocycles. The van der Waals surface area contributed by atoms with Crippen molar-refractivity contribution in [1.29, 1.82) is 0 Å². The summed E-state index contributed by atoms with van der Waals surface area (Å²) in [6.45, 7) is 4.39. The van der Waals surface area contributed by atoms with E-state index >= 15 is 0 Å². The third-order valence-electron chi connectivity index (χ3n) is 6.92. The summed E-state index contributed by atoms with van der Waals surface area (Å²) >= 11 is 0. The van der Waals surface area contributed by atoms with Gasteiger partial charge in [-0.2, -0.15) is 0 Å². The van der Waals surface area contributed by atoms with Gasteiger partial charge in [0, 0.05) is 17.9 Å². The van der Waals surface area contributed by atoms with E-state index in [1.165, 1.54) is 0 Å². The maximum Gasteiger partial charge on any atom is 0.338 e. The molecule has 0 amide bonds. The highest BCUT2D eigenvalue weighted by Gasteiger charge is 2.66. The zero-order valence-corrected chi connectivity index (χ0v) is 18.8. The van der Waals surface area contributed by atoms with Gasteiger partial charge in [0.25, 0.3) is 0 Å². The van der Waals surface area contributed by atoms with E-state index in [0.717, 1.165) is 0 Å². The number of hydrogen-bond donors (Lipinski definition) is 0. The molecule has 2 heterocycles. The minimum absolute atomic E-state index is 0.00834. The van der Waals surface area contributed by atoms with Gasteiger partial charge in [0.1, 0.15) is 22.7 Å². The molecule has 0 saturated carbocycles. The average molecular weight is 440 g/mol. The zero-order valence-electron chi connectivity index (χ0n) is 18.8. The molecule has 2 aliphatic heterocycles. The Morgan fingerprint density at radius 3 is 1.94 bits per heavy atom. The van der Waals surface area contributed by atoms with Crippen molar-refractivity contribution in [2.75, 3.05) is 27.4 Å². The summed E-state index contributed by atoms with van der Waals surface area (Å²) in [5, 5.41) is 0. The number of carbonyl (C=O) groups is 2. The molecule has 0 radical (unpaired) electrons. The second kappa shape index (κ2) is 8.56. The maximum absolute atomic E-state index is 12.9. The van der Waals surface area contributed by atoms with E-state index in [1.54, 1.807) is 62.8 Å². The number of hydrogen-bond acceptors (Lipinski definition) is 7. The molecule has 2 aliphatic rings. The number of ether oxygens (including phenoxy) is 5. The summed E-state index contributed by atoms with van der Waals surface area (Å²) in [4.78, 5) is 25.6. The van der Waals surface area contributed by atoms with Gasteiger partial charge in [-0.3, -0.25) is 4.79 Å². The molecule has 32 heavy (non-hydrogen) atoms. The number of rotatable bonds is 7. The number of esters is 1. The van der Waals surface area contributed by atoms with E-state index in [4.69, 9.17) is 23.7 Å². The first-order chi connectivity index (χ1) is 15.3. The summed E-state index contributed by atoms with van der Waals surface area (Å²) in [7, 11) is 3.15. The fraction of sp³-hybridized carbons (Fsp3) is 0.440. The molecular formula is C25H28O7. The Kier molecular flexibility index (Phi) is 5.97. The van der Waals surface area contributed by atoms with Gasteiger partial charge in [0.05, 0.1) is 33.0 Å². The highest BCUT2D eigenvalue weighted by molar-refractivity contribution is 5.96. The van der Waals surface area contributed by atoms with Gasteiger partial charge >= 0.3 is 5.97 Å². The quantitative estimate of drug-likeness (QED) is 0.480. The lowest BCUT2D eigenvalue weighted by molar-refractivity contribution is -0.102. The molecule has 7 nitrogen and oxygen atoms in total. The number of methoxy groups -OCH3 is 2. The van der Waals surface area contributed by atoms with E-state index in [-0.39, 0.29) is 24.7 Å². The Morgan fingerprint density at radius 1 is 0.844 bits per heavy atom. The minimum Gasteiger partial charge on any atom is -0.497 e. The van der Waals surface area contributed by atoms with Crippen molar-refractivity contribution in [3.05, 3.63) is 59.7 Å². The molecule has 170 valence electrons. The summed E-state index contributed by atoms with van der Waals surface area (Å²) in [6, 6.07) is 13.8. The summed E-state index contributed by atoms with van der Waals surface area (Å²) in [5.41, 5.74) is -0.560. The van der Waals surface area contributed by atoms with Crippen LogP contribution in [0.1, 0.15) is 41.0 Å². The minimum atomic E-state index is -0.847. The van der Waals surface area contributed by atoms with Gasteiger partial charge in [0.15, 0.2) is 11.9 Å². The van der Waals surface area contributed by atoms with Crippen molar-refractivity contribution in [1.82, 2.24) is 0 Å². The first-order valence-corrected chi connectivity index (χ1v) is 10.6. The molecule has 0 spiro atoms. The number of ketones is 1. The fourth-order valence-corrected chi connectivity index (χ4v) is 4.51. The molecule has 2 unspecified atom stereocenters. The van der Waals surface area contributed by atoms with Crippen molar-refractivity contribution in [2.45, 2.75) is 37.6 Å². The molecule has 2 fully saturated rings. The molecular weight excluding hydrogens is 412 g/mol. The predicted molar refractivity (Wildman–Crippen MR) is 116 cm³/mol. The Bertz CT molecular complexity index is 903. The average Bonchev–Trinajstić information content (AvgIpc) is 3.21. The highest BCUT2D eigenvalue weighted by atomic mass is 16.6. The molecule has 0 aromatic heterocycles. The predicted octanol–water partition coefficient (Wildman–Crippen LogP) is 3.70. The number of carbonyl (C=O) groups excluding carboxylic acids is 2. The van der Waals surface area contributed by atoms with E-state index in [0.29, 0.717) is 29.2 Å². The van der Waals surface area contributed by atoms with Crippen LogP contribution in [0, 0.1) is 5.92 Å².